The average molecular weight is 457 g/mol. The first kappa shape index (κ1) is 22.3. The van der Waals surface area contributed by atoms with Crippen molar-refractivity contribution in [2.45, 2.75) is 57.2 Å². The summed E-state index contributed by atoms with van der Waals surface area (Å²) in [6, 6.07) is 22.5. The van der Waals surface area contributed by atoms with Crippen molar-refractivity contribution in [2.75, 3.05) is 22.9 Å². The SMILES string of the molecule is CNC(=S)NCC(C)(C)OP1N(c2ccccc2)[C@@H]2CCCC[C@H]2N1c1ccccc1. The predicted octanol–water partition coefficient (Wildman–Crippen LogP) is 5.44. The molecule has 4 rings (SSSR count). The maximum Gasteiger partial charge on any atom is 0.249 e. The van der Waals surface area contributed by atoms with Gasteiger partial charge in [-0.05, 0) is 63.2 Å². The fourth-order valence-electron chi connectivity index (χ4n) is 4.48. The molecule has 0 bridgehead atoms. The summed E-state index contributed by atoms with van der Waals surface area (Å²) in [6.07, 6.45) is 4.95. The Morgan fingerprint density at radius 2 is 1.45 bits per heavy atom. The van der Waals surface area contributed by atoms with E-state index < -0.39 is 8.45 Å². The van der Waals surface area contributed by atoms with E-state index in [1.807, 2.05) is 7.05 Å². The zero-order chi connectivity index (χ0) is 21.8. The fraction of sp³-hybridized carbons (Fsp3) is 0.458. The predicted molar refractivity (Wildman–Crippen MR) is 136 cm³/mol. The Balaban J connectivity index is 1.71. The van der Waals surface area contributed by atoms with Crippen LogP contribution in [-0.2, 0) is 4.52 Å². The van der Waals surface area contributed by atoms with Crippen LogP contribution in [0.15, 0.2) is 60.7 Å². The van der Waals surface area contributed by atoms with Crippen LogP contribution in [0.4, 0.5) is 11.4 Å². The van der Waals surface area contributed by atoms with Crippen molar-refractivity contribution < 1.29 is 4.52 Å². The fourth-order valence-corrected chi connectivity index (χ4v) is 7.16. The minimum atomic E-state index is -1.03. The van der Waals surface area contributed by atoms with Gasteiger partial charge in [-0.15, -0.1) is 0 Å². The van der Waals surface area contributed by atoms with E-state index in [0.717, 1.165) is 0 Å². The lowest BCUT2D eigenvalue weighted by Crippen LogP contribution is -2.44. The average Bonchev–Trinajstić information content (AvgIpc) is 3.11. The van der Waals surface area contributed by atoms with E-state index in [1.165, 1.54) is 37.1 Å². The van der Waals surface area contributed by atoms with Gasteiger partial charge in [0.15, 0.2) is 5.11 Å². The van der Waals surface area contributed by atoms with Gasteiger partial charge in [0.05, 0.1) is 17.7 Å². The van der Waals surface area contributed by atoms with Crippen LogP contribution in [0.25, 0.3) is 0 Å². The first-order valence-electron chi connectivity index (χ1n) is 11.1. The maximum absolute atomic E-state index is 6.99. The summed E-state index contributed by atoms with van der Waals surface area (Å²) in [4.78, 5) is 0. The smallest absolute Gasteiger partial charge is 0.249 e. The summed E-state index contributed by atoms with van der Waals surface area (Å²) in [6.45, 7) is 4.94. The van der Waals surface area contributed by atoms with Crippen LogP contribution in [0, 0.1) is 0 Å². The van der Waals surface area contributed by atoms with Gasteiger partial charge in [0, 0.05) is 25.0 Å². The zero-order valence-electron chi connectivity index (χ0n) is 18.6. The molecular weight excluding hydrogens is 423 g/mol. The van der Waals surface area contributed by atoms with E-state index in [2.05, 4.69) is 94.5 Å². The summed E-state index contributed by atoms with van der Waals surface area (Å²) in [7, 11) is 0.802. The van der Waals surface area contributed by atoms with E-state index in [-0.39, 0.29) is 5.60 Å². The van der Waals surface area contributed by atoms with E-state index >= 15 is 0 Å². The minimum Gasteiger partial charge on any atom is -0.366 e. The molecule has 0 amide bonds. The zero-order valence-corrected chi connectivity index (χ0v) is 20.3. The molecule has 1 saturated carbocycles. The molecule has 1 saturated heterocycles. The molecule has 0 radical (unpaired) electrons. The van der Waals surface area contributed by atoms with Crippen LogP contribution < -0.4 is 20.0 Å². The molecule has 5 nitrogen and oxygen atoms in total. The van der Waals surface area contributed by atoms with Crippen LogP contribution in [0.2, 0.25) is 0 Å². The number of rotatable bonds is 6. The number of hydrogen-bond donors (Lipinski definition) is 2. The molecule has 166 valence electrons. The molecule has 2 aromatic rings. The first-order chi connectivity index (χ1) is 15.0. The van der Waals surface area contributed by atoms with Crippen molar-refractivity contribution in [3.05, 3.63) is 60.7 Å². The Morgan fingerprint density at radius 3 is 1.90 bits per heavy atom. The summed E-state index contributed by atoms with van der Waals surface area (Å²) in [5, 5.41) is 6.92. The number of anilines is 2. The van der Waals surface area contributed by atoms with Crippen molar-refractivity contribution >= 4 is 37.2 Å². The molecule has 7 heteroatoms. The van der Waals surface area contributed by atoms with Crippen LogP contribution in [-0.4, -0.2) is 36.4 Å². The van der Waals surface area contributed by atoms with E-state index in [1.54, 1.807) is 0 Å². The molecule has 2 aromatic carbocycles. The Labute approximate surface area is 193 Å². The van der Waals surface area contributed by atoms with Crippen LogP contribution >= 0.6 is 20.7 Å². The highest BCUT2D eigenvalue weighted by Crippen LogP contribution is 2.62. The van der Waals surface area contributed by atoms with E-state index in [4.69, 9.17) is 16.7 Å². The summed E-state index contributed by atoms with van der Waals surface area (Å²) >= 11 is 5.30. The Hall–Kier alpha value is -1.88. The highest BCUT2D eigenvalue weighted by atomic mass is 32.1. The van der Waals surface area contributed by atoms with Gasteiger partial charge in [0.25, 0.3) is 0 Å². The number of hydrogen-bond acceptors (Lipinski definition) is 4. The minimum absolute atomic E-state index is 0.389. The molecule has 1 heterocycles. The van der Waals surface area contributed by atoms with Crippen LogP contribution in [0.3, 0.4) is 0 Å². The van der Waals surface area contributed by atoms with E-state index in [0.29, 0.717) is 23.7 Å². The molecule has 0 unspecified atom stereocenters. The quantitative estimate of drug-likeness (QED) is 0.446. The lowest BCUT2D eigenvalue weighted by atomic mass is 9.90. The first-order valence-corrected chi connectivity index (χ1v) is 12.7. The lowest BCUT2D eigenvalue weighted by molar-refractivity contribution is 0.131. The van der Waals surface area contributed by atoms with E-state index in [9.17, 15) is 0 Å². The molecule has 0 spiro atoms. The van der Waals surface area contributed by atoms with Crippen molar-refractivity contribution in [2.24, 2.45) is 0 Å². The topological polar surface area (TPSA) is 39.8 Å². The summed E-state index contributed by atoms with van der Waals surface area (Å²) in [5.41, 5.74) is 2.11. The van der Waals surface area contributed by atoms with Crippen LogP contribution in [0.5, 0.6) is 0 Å². The number of thiocarbonyl (C=S) groups is 1. The molecule has 2 aliphatic rings. The molecule has 0 aromatic heterocycles. The highest BCUT2D eigenvalue weighted by Gasteiger charge is 2.51. The molecule has 1 aliphatic carbocycles. The molecule has 2 fully saturated rings. The standard InChI is InChI=1S/C24H33N4OPS/c1-24(2,18-26-23(31)25-3)29-30-27(19-12-6-4-7-13-19)21-16-10-11-17-22(21)28(30)20-14-8-5-9-15-20/h4-9,12-15,21-22H,10-11,16-18H2,1-3H3,(H2,25,26,31)/t21-,22-/m1/s1. The number of nitrogens with one attached hydrogen (secondary N) is 2. The Morgan fingerprint density at radius 1 is 0.968 bits per heavy atom. The maximum atomic E-state index is 6.99. The van der Waals surface area contributed by atoms with Gasteiger partial charge in [0.1, 0.15) is 0 Å². The number of para-hydroxylation sites is 2. The van der Waals surface area contributed by atoms with Gasteiger partial charge in [0.2, 0.25) is 8.45 Å². The molecule has 1 aliphatic heterocycles. The molecule has 2 atom stereocenters. The summed E-state index contributed by atoms with van der Waals surface area (Å²) in [5.74, 6) is 0. The van der Waals surface area contributed by atoms with Crippen molar-refractivity contribution in [1.82, 2.24) is 10.6 Å². The van der Waals surface area contributed by atoms with Crippen LogP contribution in [0.1, 0.15) is 39.5 Å². The van der Waals surface area contributed by atoms with Crippen molar-refractivity contribution in [3.63, 3.8) is 0 Å². The number of benzene rings is 2. The largest absolute Gasteiger partial charge is 0.366 e. The number of fused-ring (bicyclic) bond motifs is 1. The Kier molecular flexibility index (Phi) is 7.00. The second-order valence-electron chi connectivity index (χ2n) is 8.82. The normalized spacial score (nSPS) is 21.6. The Bertz CT molecular complexity index is 811. The summed E-state index contributed by atoms with van der Waals surface area (Å²) < 4.78 is 12.1. The van der Waals surface area contributed by atoms with Crippen molar-refractivity contribution in [3.8, 4) is 0 Å². The monoisotopic (exact) mass is 456 g/mol. The number of nitrogens with zero attached hydrogens (tertiary/aromatic N) is 2. The van der Waals surface area contributed by atoms with Gasteiger partial charge >= 0.3 is 0 Å². The third-order valence-corrected chi connectivity index (χ3v) is 8.76. The second kappa shape index (κ2) is 9.72. The second-order valence-corrected chi connectivity index (χ2v) is 10.8. The van der Waals surface area contributed by atoms with Gasteiger partial charge in [-0.3, -0.25) is 0 Å². The highest BCUT2D eigenvalue weighted by molar-refractivity contribution is 7.80. The third kappa shape index (κ3) is 4.97. The van der Waals surface area contributed by atoms with Crippen molar-refractivity contribution in [1.29, 1.82) is 0 Å². The molecule has 31 heavy (non-hydrogen) atoms. The third-order valence-electron chi connectivity index (χ3n) is 5.96. The van der Waals surface area contributed by atoms with Gasteiger partial charge in [-0.2, -0.15) is 0 Å². The lowest BCUT2D eigenvalue weighted by Gasteiger charge is -2.38. The molecular formula is C24H33N4OPS. The molecule has 2 N–H and O–H groups in total. The van der Waals surface area contributed by atoms with Gasteiger partial charge in [-0.25, -0.2) is 0 Å². The van der Waals surface area contributed by atoms with Gasteiger partial charge in [-0.1, -0.05) is 49.2 Å². The van der Waals surface area contributed by atoms with Gasteiger partial charge < -0.3 is 24.5 Å².